The summed E-state index contributed by atoms with van der Waals surface area (Å²) in [5, 5.41) is 0. The van der Waals surface area contributed by atoms with Crippen LogP contribution in [0.5, 0.6) is 0 Å². The van der Waals surface area contributed by atoms with E-state index in [0.717, 1.165) is 12.0 Å². The number of halogens is 1. The van der Waals surface area contributed by atoms with Crippen LogP contribution < -0.4 is 5.73 Å². The maximum Gasteiger partial charge on any atom is 0.123 e. The molecule has 1 atom stereocenters. The van der Waals surface area contributed by atoms with Crippen LogP contribution in [0.3, 0.4) is 0 Å². The molecular formula is C14H21FN2. The molecule has 3 heteroatoms. The third-order valence-corrected chi connectivity index (χ3v) is 2.57. The Morgan fingerprint density at radius 2 is 1.82 bits per heavy atom. The van der Waals surface area contributed by atoms with Crippen molar-refractivity contribution >= 4 is 5.84 Å². The van der Waals surface area contributed by atoms with Crippen LogP contribution in [0.4, 0.5) is 4.39 Å². The molecule has 0 fully saturated rings. The van der Waals surface area contributed by atoms with Crippen molar-refractivity contribution in [1.29, 1.82) is 0 Å². The standard InChI is InChI=1S/C14H21FN2/c1-10(17-13(16)14(2,3)4)9-11-5-7-12(15)8-6-11/h5-8,10H,9H2,1-4H3,(H2,16,17). The fourth-order valence-electron chi connectivity index (χ4n) is 1.44. The van der Waals surface area contributed by atoms with E-state index in [9.17, 15) is 4.39 Å². The zero-order valence-electron chi connectivity index (χ0n) is 11.0. The fraction of sp³-hybridized carbons (Fsp3) is 0.500. The van der Waals surface area contributed by atoms with Crippen LogP contribution in [0.2, 0.25) is 0 Å². The summed E-state index contributed by atoms with van der Waals surface area (Å²) in [6.07, 6.45) is 0.775. The first kappa shape index (κ1) is 13.7. The highest BCUT2D eigenvalue weighted by Gasteiger charge is 2.16. The normalized spacial score (nSPS) is 14.8. The number of rotatable bonds is 3. The van der Waals surface area contributed by atoms with Crippen molar-refractivity contribution < 1.29 is 4.39 Å². The van der Waals surface area contributed by atoms with Gasteiger partial charge in [0.15, 0.2) is 0 Å². The third-order valence-electron chi connectivity index (χ3n) is 2.57. The zero-order chi connectivity index (χ0) is 13.1. The molecule has 0 saturated carbocycles. The molecule has 0 heterocycles. The minimum Gasteiger partial charge on any atom is -0.387 e. The van der Waals surface area contributed by atoms with E-state index in [2.05, 4.69) is 4.99 Å². The Morgan fingerprint density at radius 1 is 1.29 bits per heavy atom. The summed E-state index contributed by atoms with van der Waals surface area (Å²) in [4.78, 5) is 4.47. The van der Waals surface area contributed by atoms with Crippen molar-refractivity contribution in [3.8, 4) is 0 Å². The van der Waals surface area contributed by atoms with Gasteiger partial charge >= 0.3 is 0 Å². The molecule has 0 amide bonds. The number of hydrogen-bond acceptors (Lipinski definition) is 1. The topological polar surface area (TPSA) is 38.4 Å². The lowest BCUT2D eigenvalue weighted by Gasteiger charge is -2.19. The van der Waals surface area contributed by atoms with Crippen molar-refractivity contribution in [2.75, 3.05) is 0 Å². The van der Waals surface area contributed by atoms with Crippen molar-refractivity contribution in [2.24, 2.45) is 16.1 Å². The van der Waals surface area contributed by atoms with Crippen molar-refractivity contribution in [3.05, 3.63) is 35.6 Å². The molecule has 1 unspecified atom stereocenters. The van der Waals surface area contributed by atoms with Crippen LogP contribution in [-0.4, -0.2) is 11.9 Å². The lowest BCUT2D eigenvalue weighted by molar-refractivity contribution is 0.572. The van der Waals surface area contributed by atoms with Gasteiger partial charge in [-0.3, -0.25) is 4.99 Å². The van der Waals surface area contributed by atoms with Crippen molar-refractivity contribution in [1.82, 2.24) is 0 Å². The van der Waals surface area contributed by atoms with Crippen molar-refractivity contribution in [2.45, 2.75) is 40.2 Å². The molecule has 2 nitrogen and oxygen atoms in total. The van der Waals surface area contributed by atoms with Gasteiger partial charge in [0.25, 0.3) is 0 Å². The minimum absolute atomic E-state index is 0.100. The quantitative estimate of drug-likeness (QED) is 0.635. The molecule has 17 heavy (non-hydrogen) atoms. The second-order valence-corrected chi connectivity index (χ2v) is 5.44. The van der Waals surface area contributed by atoms with Crippen molar-refractivity contribution in [3.63, 3.8) is 0 Å². The molecule has 0 bridgehead atoms. The number of benzene rings is 1. The molecule has 0 aliphatic heterocycles. The predicted molar refractivity (Wildman–Crippen MR) is 70.6 cm³/mol. The predicted octanol–water partition coefficient (Wildman–Crippen LogP) is 3.16. The van der Waals surface area contributed by atoms with Gasteiger partial charge in [-0.25, -0.2) is 4.39 Å². The second-order valence-electron chi connectivity index (χ2n) is 5.44. The van der Waals surface area contributed by atoms with E-state index in [1.807, 2.05) is 27.7 Å². The number of nitrogens with zero attached hydrogens (tertiary/aromatic N) is 1. The summed E-state index contributed by atoms with van der Waals surface area (Å²) in [6, 6.07) is 6.63. The Kier molecular flexibility index (Phi) is 4.27. The van der Waals surface area contributed by atoms with E-state index in [0.29, 0.717) is 5.84 Å². The Morgan fingerprint density at radius 3 is 2.29 bits per heavy atom. The highest BCUT2D eigenvalue weighted by molar-refractivity contribution is 5.85. The molecular weight excluding hydrogens is 215 g/mol. The van der Waals surface area contributed by atoms with E-state index in [4.69, 9.17) is 5.73 Å². The van der Waals surface area contributed by atoms with Crippen LogP contribution >= 0.6 is 0 Å². The number of nitrogens with two attached hydrogens (primary N) is 1. The summed E-state index contributed by atoms with van der Waals surface area (Å²) in [7, 11) is 0. The minimum atomic E-state index is -0.209. The van der Waals surface area contributed by atoms with Gasteiger partial charge < -0.3 is 5.73 Å². The molecule has 1 aromatic carbocycles. The molecule has 0 spiro atoms. The third kappa shape index (κ3) is 4.55. The van der Waals surface area contributed by atoms with Gasteiger partial charge in [-0.2, -0.15) is 0 Å². The van der Waals surface area contributed by atoms with Gasteiger partial charge in [-0.05, 0) is 31.0 Å². The van der Waals surface area contributed by atoms with E-state index >= 15 is 0 Å². The summed E-state index contributed by atoms with van der Waals surface area (Å²) in [5.41, 5.74) is 6.89. The molecule has 1 rings (SSSR count). The van der Waals surface area contributed by atoms with Crippen LogP contribution in [0.1, 0.15) is 33.3 Å². The maximum absolute atomic E-state index is 12.7. The number of aliphatic imine (C=N–C) groups is 1. The zero-order valence-corrected chi connectivity index (χ0v) is 11.0. The second kappa shape index (κ2) is 5.30. The first-order valence-electron chi connectivity index (χ1n) is 5.87. The van der Waals surface area contributed by atoms with E-state index < -0.39 is 0 Å². The molecule has 0 saturated heterocycles. The van der Waals surface area contributed by atoms with E-state index in [-0.39, 0.29) is 17.3 Å². The van der Waals surface area contributed by atoms with Crippen LogP contribution in [0, 0.1) is 11.2 Å². The lowest BCUT2D eigenvalue weighted by Crippen LogP contribution is -2.30. The summed E-state index contributed by atoms with van der Waals surface area (Å²) < 4.78 is 12.7. The van der Waals surface area contributed by atoms with Crippen LogP contribution in [0.25, 0.3) is 0 Å². The van der Waals surface area contributed by atoms with Gasteiger partial charge in [0, 0.05) is 5.41 Å². The molecule has 2 N–H and O–H groups in total. The van der Waals surface area contributed by atoms with Gasteiger partial charge in [-0.15, -0.1) is 0 Å². The Labute approximate surface area is 103 Å². The number of amidine groups is 1. The average molecular weight is 236 g/mol. The highest BCUT2D eigenvalue weighted by atomic mass is 19.1. The molecule has 0 aliphatic rings. The van der Waals surface area contributed by atoms with Crippen LogP contribution in [0.15, 0.2) is 29.3 Å². The van der Waals surface area contributed by atoms with E-state index in [1.54, 1.807) is 12.1 Å². The average Bonchev–Trinajstić information content (AvgIpc) is 2.20. The fourth-order valence-corrected chi connectivity index (χ4v) is 1.44. The van der Waals surface area contributed by atoms with Crippen LogP contribution in [-0.2, 0) is 6.42 Å². The molecule has 0 radical (unpaired) electrons. The first-order chi connectivity index (χ1) is 7.79. The summed E-state index contributed by atoms with van der Waals surface area (Å²) in [5.74, 6) is 0.450. The van der Waals surface area contributed by atoms with E-state index in [1.165, 1.54) is 12.1 Å². The highest BCUT2D eigenvalue weighted by Crippen LogP contribution is 2.15. The molecule has 94 valence electrons. The smallest absolute Gasteiger partial charge is 0.123 e. The number of hydrogen-bond donors (Lipinski definition) is 1. The van der Waals surface area contributed by atoms with Gasteiger partial charge in [0.2, 0.25) is 0 Å². The Bertz CT molecular complexity index is 388. The largest absolute Gasteiger partial charge is 0.387 e. The lowest BCUT2D eigenvalue weighted by atomic mass is 9.95. The SMILES string of the molecule is CC(Cc1ccc(F)cc1)N=C(N)C(C)(C)C. The summed E-state index contributed by atoms with van der Waals surface area (Å²) >= 11 is 0. The Hall–Kier alpha value is -1.38. The maximum atomic E-state index is 12.7. The molecule has 0 aromatic heterocycles. The molecule has 0 aliphatic carbocycles. The monoisotopic (exact) mass is 236 g/mol. The van der Waals surface area contributed by atoms with Gasteiger partial charge in [-0.1, -0.05) is 32.9 Å². The summed E-state index contributed by atoms with van der Waals surface area (Å²) in [6.45, 7) is 8.13. The van der Waals surface area contributed by atoms with Gasteiger partial charge in [0.05, 0.1) is 11.9 Å². The molecule has 1 aromatic rings. The Balaban J connectivity index is 2.67. The first-order valence-corrected chi connectivity index (χ1v) is 5.87. The van der Waals surface area contributed by atoms with Gasteiger partial charge in [0.1, 0.15) is 5.82 Å².